The standard InChI is InChI=1S/C12H19N3O2S/c1-9(2)10-7-13-12(14-8-10)15-11-3-5-18(16,17)6-4-11/h7-9,11H,3-6H2,1-2H3,(H,13,14,15). The maximum absolute atomic E-state index is 11.3. The van der Waals surface area contributed by atoms with Gasteiger partial charge in [0, 0.05) is 18.4 Å². The van der Waals surface area contributed by atoms with Crippen LogP contribution in [0.5, 0.6) is 0 Å². The van der Waals surface area contributed by atoms with Gasteiger partial charge in [0.2, 0.25) is 5.95 Å². The van der Waals surface area contributed by atoms with Crippen LogP contribution >= 0.6 is 0 Å². The van der Waals surface area contributed by atoms with E-state index in [0.29, 0.717) is 24.7 Å². The van der Waals surface area contributed by atoms with Gasteiger partial charge in [-0.1, -0.05) is 13.8 Å². The zero-order valence-corrected chi connectivity index (χ0v) is 11.6. The molecule has 5 nitrogen and oxygen atoms in total. The smallest absolute Gasteiger partial charge is 0.222 e. The van der Waals surface area contributed by atoms with Crippen LogP contribution in [0.3, 0.4) is 0 Å². The van der Waals surface area contributed by atoms with Crippen molar-refractivity contribution in [3.8, 4) is 0 Å². The molecule has 0 radical (unpaired) electrons. The topological polar surface area (TPSA) is 72.0 Å². The lowest BCUT2D eigenvalue weighted by Crippen LogP contribution is -2.32. The molecule has 6 heteroatoms. The van der Waals surface area contributed by atoms with E-state index in [0.717, 1.165) is 5.56 Å². The lowest BCUT2D eigenvalue weighted by Gasteiger charge is -2.22. The van der Waals surface area contributed by atoms with E-state index < -0.39 is 9.84 Å². The Hall–Kier alpha value is -1.17. The number of aromatic nitrogens is 2. The van der Waals surface area contributed by atoms with Crippen LogP contribution in [0, 0.1) is 0 Å². The summed E-state index contributed by atoms with van der Waals surface area (Å²) < 4.78 is 22.6. The molecule has 100 valence electrons. The first-order chi connectivity index (χ1) is 8.46. The highest BCUT2D eigenvalue weighted by Crippen LogP contribution is 2.17. The first-order valence-electron chi connectivity index (χ1n) is 6.25. The van der Waals surface area contributed by atoms with Crippen LogP contribution < -0.4 is 5.32 Å². The molecule has 0 saturated carbocycles. The second-order valence-corrected chi connectivity index (χ2v) is 7.37. The maximum Gasteiger partial charge on any atom is 0.222 e. The molecule has 1 aromatic rings. The van der Waals surface area contributed by atoms with Crippen molar-refractivity contribution in [1.29, 1.82) is 0 Å². The summed E-state index contributed by atoms with van der Waals surface area (Å²) in [4.78, 5) is 8.52. The molecule has 0 spiro atoms. The van der Waals surface area contributed by atoms with E-state index in [9.17, 15) is 8.42 Å². The fourth-order valence-electron chi connectivity index (χ4n) is 1.93. The SMILES string of the molecule is CC(C)c1cnc(NC2CCS(=O)(=O)CC2)nc1. The number of nitrogens with one attached hydrogen (secondary N) is 1. The average Bonchev–Trinajstić information content (AvgIpc) is 2.33. The first-order valence-corrected chi connectivity index (χ1v) is 8.07. The predicted octanol–water partition coefficient (Wildman–Crippen LogP) is 1.59. The van der Waals surface area contributed by atoms with Crippen LogP contribution in [0.1, 0.15) is 38.2 Å². The highest BCUT2D eigenvalue weighted by molar-refractivity contribution is 7.91. The van der Waals surface area contributed by atoms with Crippen molar-refractivity contribution in [3.05, 3.63) is 18.0 Å². The second-order valence-electron chi connectivity index (χ2n) is 5.07. The van der Waals surface area contributed by atoms with Gasteiger partial charge in [-0.05, 0) is 24.3 Å². The molecule has 1 aliphatic heterocycles. The van der Waals surface area contributed by atoms with Crippen molar-refractivity contribution in [2.75, 3.05) is 16.8 Å². The molecule has 0 unspecified atom stereocenters. The largest absolute Gasteiger partial charge is 0.351 e. The molecule has 0 aliphatic carbocycles. The van der Waals surface area contributed by atoms with Gasteiger partial charge in [-0.3, -0.25) is 0 Å². The molecule has 0 bridgehead atoms. The summed E-state index contributed by atoms with van der Waals surface area (Å²) >= 11 is 0. The van der Waals surface area contributed by atoms with Gasteiger partial charge in [0.1, 0.15) is 9.84 Å². The predicted molar refractivity (Wildman–Crippen MR) is 71.4 cm³/mol. The van der Waals surface area contributed by atoms with E-state index in [-0.39, 0.29) is 17.5 Å². The number of anilines is 1. The summed E-state index contributed by atoms with van der Waals surface area (Å²) in [6.45, 7) is 4.19. The van der Waals surface area contributed by atoms with Crippen molar-refractivity contribution >= 4 is 15.8 Å². The highest BCUT2D eigenvalue weighted by Gasteiger charge is 2.23. The Labute approximate surface area is 108 Å². The van der Waals surface area contributed by atoms with Crippen LogP contribution in [-0.2, 0) is 9.84 Å². The molecule has 2 heterocycles. The van der Waals surface area contributed by atoms with Crippen molar-refractivity contribution < 1.29 is 8.42 Å². The minimum Gasteiger partial charge on any atom is -0.351 e. The number of sulfone groups is 1. The summed E-state index contributed by atoms with van der Waals surface area (Å²) in [5.74, 6) is 1.52. The van der Waals surface area contributed by atoms with E-state index >= 15 is 0 Å². The Morgan fingerprint density at radius 3 is 2.28 bits per heavy atom. The van der Waals surface area contributed by atoms with Crippen LogP contribution in [0.25, 0.3) is 0 Å². The summed E-state index contributed by atoms with van der Waals surface area (Å²) in [5.41, 5.74) is 1.10. The van der Waals surface area contributed by atoms with Gasteiger partial charge in [0.15, 0.2) is 0 Å². The molecule has 0 aromatic carbocycles. The van der Waals surface area contributed by atoms with Crippen LogP contribution in [0.2, 0.25) is 0 Å². The molecule has 1 saturated heterocycles. The fourth-order valence-corrected chi connectivity index (χ4v) is 3.42. The summed E-state index contributed by atoms with van der Waals surface area (Å²) in [6.07, 6.45) is 4.91. The minimum absolute atomic E-state index is 0.165. The molecular formula is C12H19N3O2S. The van der Waals surface area contributed by atoms with Crippen molar-refractivity contribution in [3.63, 3.8) is 0 Å². The molecule has 2 rings (SSSR count). The quantitative estimate of drug-likeness (QED) is 0.902. The number of rotatable bonds is 3. The molecule has 1 aliphatic rings. The lowest BCUT2D eigenvalue weighted by atomic mass is 10.1. The maximum atomic E-state index is 11.3. The summed E-state index contributed by atoms with van der Waals surface area (Å²) in [6, 6.07) is 0.165. The molecule has 1 aromatic heterocycles. The number of hydrogen-bond donors (Lipinski definition) is 1. The van der Waals surface area contributed by atoms with Gasteiger partial charge in [-0.2, -0.15) is 0 Å². The van der Waals surface area contributed by atoms with Crippen LogP contribution in [0.4, 0.5) is 5.95 Å². The van der Waals surface area contributed by atoms with Crippen LogP contribution in [0.15, 0.2) is 12.4 Å². The van der Waals surface area contributed by atoms with Gasteiger partial charge in [0.05, 0.1) is 11.5 Å². The Morgan fingerprint density at radius 2 is 1.78 bits per heavy atom. The van der Waals surface area contributed by atoms with Gasteiger partial charge in [-0.25, -0.2) is 18.4 Å². The Bertz CT molecular complexity index is 483. The zero-order chi connectivity index (χ0) is 13.2. The number of nitrogens with zero attached hydrogens (tertiary/aromatic N) is 2. The molecular weight excluding hydrogens is 250 g/mol. The molecule has 0 amide bonds. The third-order valence-corrected chi connectivity index (χ3v) is 4.94. The second kappa shape index (κ2) is 5.22. The van der Waals surface area contributed by atoms with Gasteiger partial charge >= 0.3 is 0 Å². The highest BCUT2D eigenvalue weighted by atomic mass is 32.2. The molecule has 1 fully saturated rings. The minimum atomic E-state index is -2.81. The van der Waals surface area contributed by atoms with E-state index in [2.05, 4.69) is 29.1 Å². The average molecular weight is 269 g/mol. The van der Waals surface area contributed by atoms with Crippen LogP contribution in [-0.4, -0.2) is 35.9 Å². The van der Waals surface area contributed by atoms with Gasteiger partial charge < -0.3 is 5.32 Å². The van der Waals surface area contributed by atoms with Crippen molar-refractivity contribution in [2.24, 2.45) is 0 Å². The van der Waals surface area contributed by atoms with Gasteiger partial charge in [-0.15, -0.1) is 0 Å². The number of hydrogen-bond acceptors (Lipinski definition) is 5. The Kier molecular flexibility index (Phi) is 3.85. The summed E-state index contributed by atoms with van der Waals surface area (Å²) in [7, 11) is -2.81. The van der Waals surface area contributed by atoms with E-state index in [4.69, 9.17) is 0 Å². The normalized spacial score (nSPS) is 19.9. The van der Waals surface area contributed by atoms with E-state index in [1.54, 1.807) is 0 Å². The Balaban J connectivity index is 1.94. The fraction of sp³-hybridized carbons (Fsp3) is 0.667. The van der Waals surface area contributed by atoms with Gasteiger partial charge in [0.25, 0.3) is 0 Å². The Morgan fingerprint density at radius 1 is 1.22 bits per heavy atom. The monoisotopic (exact) mass is 269 g/mol. The van der Waals surface area contributed by atoms with Crippen molar-refractivity contribution in [2.45, 2.75) is 38.6 Å². The molecule has 18 heavy (non-hydrogen) atoms. The summed E-state index contributed by atoms with van der Waals surface area (Å²) in [5, 5.41) is 3.20. The van der Waals surface area contributed by atoms with E-state index in [1.807, 2.05) is 12.4 Å². The van der Waals surface area contributed by atoms with E-state index in [1.165, 1.54) is 0 Å². The third-order valence-electron chi connectivity index (χ3n) is 3.23. The molecule has 1 N–H and O–H groups in total. The van der Waals surface area contributed by atoms with Crippen molar-refractivity contribution in [1.82, 2.24) is 9.97 Å². The first kappa shape index (κ1) is 13.3. The lowest BCUT2D eigenvalue weighted by molar-refractivity contribution is 0.558. The third kappa shape index (κ3) is 3.41. The zero-order valence-electron chi connectivity index (χ0n) is 10.8. The molecule has 0 atom stereocenters.